The molecule has 0 fully saturated rings. The van der Waals surface area contributed by atoms with E-state index in [-0.39, 0.29) is 0 Å². The zero-order valence-corrected chi connectivity index (χ0v) is 18.7. The molecule has 0 radical (unpaired) electrons. The number of halogens is 6. The Bertz CT molecular complexity index is 1130. The molecular weight excluding hydrogens is 472 g/mol. The summed E-state index contributed by atoms with van der Waals surface area (Å²) < 4.78 is 78.3. The lowest BCUT2D eigenvalue weighted by Crippen LogP contribution is -2.53. The first kappa shape index (κ1) is 26.2. The maximum Gasteiger partial charge on any atom is 0.430 e. The van der Waals surface area contributed by atoms with Crippen molar-refractivity contribution in [3.8, 4) is 11.3 Å². The SMILES string of the molecule is C=CC.OC(c1ccc(CN2CCc3cc(-c4cnccn4)ccc32)cc1)(C(F)(F)F)C(F)(F)F. The Labute approximate surface area is 198 Å². The molecule has 0 aliphatic carbocycles. The lowest BCUT2D eigenvalue weighted by Gasteiger charge is -2.32. The van der Waals surface area contributed by atoms with Crippen molar-refractivity contribution in [2.75, 3.05) is 11.4 Å². The lowest BCUT2D eigenvalue weighted by molar-refractivity contribution is -0.376. The number of hydrogen-bond donors (Lipinski definition) is 1. The van der Waals surface area contributed by atoms with E-state index in [4.69, 9.17) is 0 Å². The minimum atomic E-state index is -5.90. The minimum absolute atomic E-state index is 0.300. The number of aromatic nitrogens is 2. The fourth-order valence-electron chi connectivity index (χ4n) is 3.80. The molecule has 0 spiro atoms. The molecule has 4 nitrogen and oxygen atoms in total. The van der Waals surface area contributed by atoms with Gasteiger partial charge in [0.2, 0.25) is 0 Å². The van der Waals surface area contributed by atoms with Crippen molar-refractivity contribution < 1.29 is 31.4 Å². The van der Waals surface area contributed by atoms with Gasteiger partial charge in [0.25, 0.3) is 5.60 Å². The van der Waals surface area contributed by atoms with Crippen LogP contribution in [0.15, 0.2) is 73.7 Å². The molecule has 1 aliphatic heterocycles. The average molecular weight is 495 g/mol. The number of fused-ring (bicyclic) bond motifs is 1. The van der Waals surface area contributed by atoms with Gasteiger partial charge in [0, 0.05) is 42.3 Å². The fraction of sp³-hybridized carbons (Fsp3) is 0.280. The molecule has 2 heterocycles. The summed E-state index contributed by atoms with van der Waals surface area (Å²) in [5.74, 6) is 0. The highest BCUT2D eigenvalue weighted by Gasteiger charge is 2.71. The second-order valence-corrected chi connectivity index (χ2v) is 7.92. The average Bonchev–Trinajstić information content (AvgIpc) is 3.20. The first-order valence-corrected chi connectivity index (χ1v) is 10.6. The van der Waals surface area contributed by atoms with Crippen LogP contribution in [0.5, 0.6) is 0 Å². The molecule has 0 amide bonds. The van der Waals surface area contributed by atoms with E-state index in [9.17, 15) is 31.4 Å². The highest BCUT2D eigenvalue weighted by atomic mass is 19.4. The van der Waals surface area contributed by atoms with Crippen LogP contribution in [0.4, 0.5) is 32.0 Å². The third-order valence-electron chi connectivity index (χ3n) is 5.50. The summed E-state index contributed by atoms with van der Waals surface area (Å²) in [4.78, 5) is 10.3. The van der Waals surface area contributed by atoms with Gasteiger partial charge in [0.15, 0.2) is 0 Å². The summed E-state index contributed by atoms with van der Waals surface area (Å²) in [7, 11) is 0. The summed E-state index contributed by atoms with van der Waals surface area (Å²) in [6.07, 6.45) is -4.49. The van der Waals surface area contributed by atoms with Gasteiger partial charge in [-0.1, -0.05) is 36.4 Å². The van der Waals surface area contributed by atoms with Crippen molar-refractivity contribution in [3.05, 3.63) is 90.4 Å². The summed E-state index contributed by atoms with van der Waals surface area (Å²) >= 11 is 0. The summed E-state index contributed by atoms with van der Waals surface area (Å²) in [5.41, 5.74) is -2.04. The van der Waals surface area contributed by atoms with Gasteiger partial charge in [-0.3, -0.25) is 9.97 Å². The molecule has 0 saturated heterocycles. The summed E-state index contributed by atoms with van der Waals surface area (Å²) in [6, 6.07) is 9.47. The van der Waals surface area contributed by atoms with Crippen molar-refractivity contribution in [2.24, 2.45) is 0 Å². The van der Waals surface area contributed by atoms with Crippen molar-refractivity contribution >= 4 is 5.69 Å². The third-order valence-corrected chi connectivity index (χ3v) is 5.50. The van der Waals surface area contributed by atoms with Crippen LogP contribution in [0, 0.1) is 0 Å². The Kier molecular flexibility index (Phi) is 7.54. The predicted octanol–water partition coefficient (Wildman–Crippen LogP) is 6.21. The number of aliphatic hydroxyl groups is 1. The van der Waals surface area contributed by atoms with Gasteiger partial charge in [0.1, 0.15) is 0 Å². The Morgan fingerprint density at radius 3 is 2.17 bits per heavy atom. The van der Waals surface area contributed by atoms with E-state index in [0.29, 0.717) is 30.8 Å². The van der Waals surface area contributed by atoms with Crippen LogP contribution in [-0.2, 0) is 18.6 Å². The van der Waals surface area contributed by atoms with Gasteiger partial charge in [-0.2, -0.15) is 26.3 Å². The predicted molar refractivity (Wildman–Crippen MR) is 121 cm³/mol. The Morgan fingerprint density at radius 2 is 1.63 bits per heavy atom. The molecule has 1 aromatic heterocycles. The van der Waals surface area contributed by atoms with Crippen LogP contribution in [0.25, 0.3) is 11.3 Å². The molecule has 35 heavy (non-hydrogen) atoms. The van der Waals surface area contributed by atoms with Crippen LogP contribution >= 0.6 is 0 Å². The van der Waals surface area contributed by atoms with Crippen LogP contribution in [-0.4, -0.2) is 34.0 Å². The molecule has 0 saturated carbocycles. The highest BCUT2D eigenvalue weighted by molar-refractivity contribution is 5.68. The fourth-order valence-corrected chi connectivity index (χ4v) is 3.80. The Hall–Kier alpha value is -3.40. The molecule has 0 bridgehead atoms. The maximum atomic E-state index is 13.0. The topological polar surface area (TPSA) is 49.2 Å². The van der Waals surface area contributed by atoms with Crippen molar-refractivity contribution in [3.63, 3.8) is 0 Å². The van der Waals surface area contributed by atoms with Crippen LogP contribution in [0.1, 0.15) is 23.6 Å². The normalized spacial score (nSPS) is 13.7. The van der Waals surface area contributed by atoms with E-state index in [0.717, 1.165) is 28.9 Å². The minimum Gasteiger partial charge on any atom is -0.369 e. The summed E-state index contributed by atoms with van der Waals surface area (Å²) in [5, 5.41) is 9.51. The van der Waals surface area contributed by atoms with E-state index in [1.165, 1.54) is 12.1 Å². The van der Waals surface area contributed by atoms with Gasteiger partial charge in [-0.15, -0.1) is 6.58 Å². The molecule has 0 unspecified atom stereocenters. The van der Waals surface area contributed by atoms with Gasteiger partial charge >= 0.3 is 12.4 Å². The second-order valence-electron chi connectivity index (χ2n) is 7.92. The quantitative estimate of drug-likeness (QED) is 0.345. The van der Waals surface area contributed by atoms with Crippen molar-refractivity contribution in [1.82, 2.24) is 9.97 Å². The smallest absolute Gasteiger partial charge is 0.369 e. The van der Waals surface area contributed by atoms with Gasteiger partial charge in [-0.25, -0.2) is 0 Å². The molecule has 3 aromatic rings. The number of benzene rings is 2. The second kappa shape index (κ2) is 10.1. The largest absolute Gasteiger partial charge is 0.430 e. The molecule has 186 valence electrons. The van der Waals surface area contributed by atoms with E-state index in [1.54, 1.807) is 24.7 Å². The third kappa shape index (κ3) is 5.32. The number of rotatable bonds is 4. The number of anilines is 1. The maximum absolute atomic E-state index is 13.0. The van der Waals surface area contributed by atoms with Crippen molar-refractivity contribution in [2.45, 2.75) is 37.8 Å². The molecule has 4 rings (SSSR count). The summed E-state index contributed by atoms with van der Waals surface area (Å²) in [6.45, 7) is 6.20. The number of allylic oxidation sites excluding steroid dienone is 1. The molecular formula is C25H23F6N3O. The van der Waals surface area contributed by atoms with E-state index >= 15 is 0 Å². The lowest BCUT2D eigenvalue weighted by atomic mass is 9.91. The van der Waals surface area contributed by atoms with E-state index < -0.39 is 23.5 Å². The molecule has 2 aromatic carbocycles. The molecule has 1 N–H and O–H groups in total. The van der Waals surface area contributed by atoms with E-state index in [2.05, 4.69) is 16.5 Å². The molecule has 0 atom stereocenters. The number of hydrogen-bond acceptors (Lipinski definition) is 4. The molecule has 1 aliphatic rings. The van der Waals surface area contributed by atoms with Gasteiger partial charge in [0.05, 0.1) is 11.9 Å². The Morgan fingerprint density at radius 1 is 1.00 bits per heavy atom. The number of alkyl halides is 6. The van der Waals surface area contributed by atoms with Crippen LogP contribution < -0.4 is 4.90 Å². The van der Waals surface area contributed by atoms with Crippen LogP contribution in [0.3, 0.4) is 0 Å². The zero-order chi connectivity index (χ0) is 25.9. The molecule has 10 heteroatoms. The first-order chi connectivity index (χ1) is 16.4. The highest BCUT2D eigenvalue weighted by Crippen LogP contribution is 2.50. The van der Waals surface area contributed by atoms with Crippen LogP contribution in [0.2, 0.25) is 0 Å². The monoisotopic (exact) mass is 495 g/mol. The van der Waals surface area contributed by atoms with Gasteiger partial charge < -0.3 is 10.0 Å². The number of nitrogens with zero attached hydrogens (tertiary/aromatic N) is 3. The van der Waals surface area contributed by atoms with Crippen molar-refractivity contribution in [1.29, 1.82) is 0 Å². The standard InChI is InChI=1S/C22H17F6N3O.C3H6/c23-21(24,25)20(32,22(26,27)28)17-4-1-14(2-5-17)13-31-10-7-16-11-15(3-6-19(16)31)18-12-29-8-9-30-18;1-3-2/h1-6,8-9,11-12,32H,7,10,13H2;3H,1H2,2H3. The Balaban J connectivity index is 0.00000108. The zero-order valence-electron chi connectivity index (χ0n) is 18.7. The van der Waals surface area contributed by atoms with E-state index in [1.807, 2.05) is 30.0 Å². The van der Waals surface area contributed by atoms with Gasteiger partial charge in [-0.05, 0) is 36.6 Å². The first-order valence-electron chi connectivity index (χ1n) is 10.6.